The molecule has 0 unspecified atom stereocenters. The van der Waals surface area contributed by atoms with Crippen molar-refractivity contribution in [3.8, 4) is 0 Å². The van der Waals surface area contributed by atoms with Crippen LogP contribution in [0.3, 0.4) is 0 Å². The Morgan fingerprint density at radius 1 is 1.13 bits per heavy atom. The van der Waals surface area contributed by atoms with Crippen LogP contribution in [0.15, 0.2) is 47.1 Å². The molecule has 0 atom stereocenters. The van der Waals surface area contributed by atoms with Crippen LogP contribution >= 0.6 is 0 Å². The van der Waals surface area contributed by atoms with Gasteiger partial charge >= 0.3 is 0 Å². The van der Waals surface area contributed by atoms with E-state index in [0.29, 0.717) is 0 Å². The Morgan fingerprint density at radius 3 is 2.60 bits per heavy atom. The van der Waals surface area contributed by atoms with Crippen LogP contribution < -0.4 is 0 Å². The maximum Gasteiger partial charge on any atom is 0.188 e. The largest absolute Gasteiger partial charge is 0.289 e. The van der Waals surface area contributed by atoms with Crippen molar-refractivity contribution in [3.05, 3.63) is 47.1 Å². The molecule has 0 radical (unpaired) electrons. The van der Waals surface area contributed by atoms with Gasteiger partial charge in [0, 0.05) is 11.1 Å². The number of hydrogen-bond donors (Lipinski definition) is 0. The summed E-state index contributed by atoms with van der Waals surface area (Å²) in [6.07, 6.45) is 14.3. The Kier molecular flexibility index (Phi) is 3.00. The molecule has 0 heterocycles. The summed E-state index contributed by atoms with van der Waals surface area (Å²) in [6.45, 7) is 2.02. The van der Waals surface area contributed by atoms with E-state index in [-0.39, 0.29) is 5.78 Å². The molecule has 0 saturated carbocycles. The minimum Gasteiger partial charge on any atom is -0.289 e. The molecule has 2 aliphatic carbocycles. The zero-order chi connectivity index (χ0) is 10.7. The molecule has 0 aliphatic heterocycles. The van der Waals surface area contributed by atoms with E-state index in [1.54, 1.807) is 0 Å². The van der Waals surface area contributed by atoms with Crippen molar-refractivity contribution >= 4 is 5.78 Å². The van der Waals surface area contributed by atoms with E-state index in [1.165, 1.54) is 0 Å². The first-order valence-electron chi connectivity index (χ1n) is 5.57. The second-order valence-electron chi connectivity index (χ2n) is 4.07. The summed E-state index contributed by atoms with van der Waals surface area (Å²) in [7, 11) is 0. The third-order valence-corrected chi connectivity index (χ3v) is 2.94. The molecule has 0 amide bonds. The summed E-state index contributed by atoms with van der Waals surface area (Å²) in [5.74, 6) is 0.229. The highest BCUT2D eigenvalue weighted by atomic mass is 16.1. The average molecular weight is 200 g/mol. The summed E-state index contributed by atoms with van der Waals surface area (Å²) in [5, 5.41) is 0. The van der Waals surface area contributed by atoms with Crippen molar-refractivity contribution in [2.24, 2.45) is 0 Å². The molecule has 2 aliphatic rings. The van der Waals surface area contributed by atoms with Crippen LogP contribution in [0.2, 0.25) is 0 Å². The van der Waals surface area contributed by atoms with Crippen molar-refractivity contribution in [2.75, 3.05) is 0 Å². The van der Waals surface area contributed by atoms with Crippen LogP contribution in [-0.4, -0.2) is 5.78 Å². The van der Waals surface area contributed by atoms with Gasteiger partial charge < -0.3 is 0 Å². The molecule has 0 aromatic rings. The molecule has 0 N–H and O–H groups in total. The number of rotatable bonds is 2. The van der Waals surface area contributed by atoms with Crippen molar-refractivity contribution in [3.63, 3.8) is 0 Å². The summed E-state index contributed by atoms with van der Waals surface area (Å²) in [4.78, 5) is 12.2. The Hall–Kier alpha value is -1.37. The first-order chi connectivity index (χ1) is 7.29. The topological polar surface area (TPSA) is 17.1 Å². The second kappa shape index (κ2) is 4.43. The molecule has 0 spiro atoms. The van der Waals surface area contributed by atoms with Crippen LogP contribution in [-0.2, 0) is 4.79 Å². The van der Waals surface area contributed by atoms with E-state index >= 15 is 0 Å². The number of Topliss-reactive ketones (excluding diaryl/α,β-unsaturated/α-hetero) is 1. The Morgan fingerprint density at radius 2 is 1.93 bits per heavy atom. The Balaban J connectivity index is 2.24. The first kappa shape index (κ1) is 10.2. The molecular weight excluding hydrogens is 184 g/mol. The van der Waals surface area contributed by atoms with Gasteiger partial charge in [0.05, 0.1) is 0 Å². The van der Waals surface area contributed by atoms with Crippen LogP contribution in [0.1, 0.15) is 32.6 Å². The van der Waals surface area contributed by atoms with Crippen LogP contribution in [0, 0.1) is 0 Å². The lowest BCUT2D eigenvalue weighted by Gasteiger charge is -2.13. The zero-order valence-corrected chi connectivity index (χ0v) is 9.12. The fourth-order valence-corrected chi connectivity index (χ4v) is 2.03. The van der Waals surface area contributed by atoms with E-state index in [9.17, 15) is 4.79 Å². The van der Waals surface area contributed by atoms with E-state index in [0.717, 1.165) is 42.4 Å². The summed E-state index contributed by atoms with van der Waals surface area (Å²) in [6, 6.07) is 0. The van der Waals surface area contributed by atoms with Gasteiger partial charge in [-0.2, -0.15) is 0 Å². The maximum absolute atomic E-state index is 12.2. The zero-order valence-electron chi connectivity index (χ0n) is 9.12. The molecule has 2 rings (SSSR count). The smallest absolute Gasteiger partial charge is 0.188 e. The number of ketones is 1. The van der Waals surface area contributed by atoms with Crippen LogP contribution in [0.4, 0.5) is 0 Å². The molecule has 0 saturated heterocycles. The highest BCUT2D eigenvalue weighted by molar-refractivity contribution is 6.10. The minimum absolute atomic E-state index is 0.229. The van der Waals surface area contributed by atoms with Gasteiger partial charge in [0.1, 0.15) is 0 Å². The molecule has 0 aromatic carbocycles. The lowest BCUT2D eigenvalue weighted by molar-refractivity contribution is -0.112. The van der Waals surface area contributed by atoms with Crippen molar-refractivity contribution in [1.82, 2.24) is 0 Å². The van der Waals surface area contributed by atoms with Gasteiger partial charge in [0.15, 0.2) is 5.78 Å². The molecule has 0 fully saturated rings. The third-order valence-electron chi connectivity index (χ3n) is 2.94. The van der Waals surface area contributed by atoms with E-state index in [1.807, 2.05) is 13.0 Å². The van der Waals surface area contributed by atoms with E-state index in [4.69, 9.17) is 0 Å². The Labute approximate surface area is 90.9 Å². The Bertz CT molecular complexity index is 392. The average Bonchev–Trinajstić information content (AvgIpc) is 2.30. The van der Waals surface area contributed by atoms with Gasteiger partial charge in [-0.3, -0.25) is 4.79 Å². The monoisotopic (exact) mass is 200 g/mol. The molecular formula is C14H16O. The van der Waals surface area contributed by atoms with Gasteiger partial charge in [0.25, 0.3) is 0 Å². The SMILES string of the molecule is CC1=C(C(=O)C2=CCCC=C2)CCC=C1. The number of allylic oxidation sites excluding steroid dienone is 8. The van der Waals surface area contributed by atoms with Crippen LogP contribution in [0.5, 0.6) is 0 Å². The van der Waals surface area contributed by atoms with Crippen LogP contribution in [0.25, 0.3) is 0 Å². The molecule has 0 bridgehead atoms. The molecule has 15 heavy (non-hydrogen) atoms. The lowest BCUT2D eigenvalue weighted by atomic mass is 9.90. The predicted octanol–water partition coefficient (Wildman–Crippen LogP) is 3.50. The predicted molar refractivity (Wildman–Crippen MR) is 62.5 cm³/mol. The van der Waals surface area contributed by atoms with Gasteiger partial charge in [0.2, 0.25) is 0 Å². The van der Waals surface area contributed by atoms with Crippen molar-refractivity contribution in [1.29, 1.82) is 0 Å². The normalized spacial score (nSPS) is 20.5. The molecule has 0 aromatic heterocycles. The third kappa shape index (κ3) is 2.17. The van der Waals surface area contributed by atoms with Gasteiger partial charge in [-0.05, 0) is 38.2 Å². The second-order valence-corrected chi connectivity index (χ2v) is 4.07. The van der Waals surface area contributed by atoms with Gasteiger partial charge in [-0.25, -0.2) is 0 Å². The van der Waals surface area contributed by atoms with Gasteiger partial charge in [-0.15, -0.1) is 0 Å². The summed E-state index contributed by atoms with van der Waals surface area (Å²) in [5.41, 5.74) is 3.01. The highest BCUT2D eigenvalue weighted by Gasteiger charge is 2.16. The van der Waals surface area contributed by atoms with E-state index in [2.05, 4.69) is 24.3 Å². The molecule has 1 nitrogen and oxygen atoms in total. The fraction of sp³-hybridized carbons (Fsp3) is 0.357. The van der Waals surface area contributed by atoms with Gasteiger partial charge in [-0.1, -0.05) is 30.4 Å². The quantitative estimate of drug-likeness (QED) is 0.666. The van der Waals surface area contributed by atoms with E-state index < -0.39 is 0 Å². The molecule has 1 heteroatoms. The number of carbonyl (C=O) groups excluding carboxylic acids is 1. The standard InChI is InChI=1S/C14H16O/c1-11-7-5-6-10-13(11)14(15)12-8-3-2-4-9-12/h3,5,7-9H,2,4,6,10H2,1H3. The summed E-state index contributed by atoms with van der Waals surface area (Å²) < 4.78 is 0. The van der Waals surface area contributed by atoms with Crippen molar-refractivity contribution in [2.45, 2.75) is 32.6 Å². The maximum atomic E-state index is 12.2. The first-order valence-corrected chi connectivity index (χ1v) is 5.57. The fourth-order valence-electron chi connectivity index (χ4n) is 2.03. The van der Waals surface area contributed by atoms with Crippen molar-refractivity contribution < 1.29 is 4.79 Å². The highest BCUT2D eigenvalue weighted by Crippen LogP contribution is 2.24. The lowest BCUT2D eigenvalue weighted by Crippen LogP contribution is -2.09. The minimum atomic E-state index is 0.229. The number of hydrogen-bond acceptors (Lipinski definition) is 1. The molecule has 78 valence electrons. The number of carbonyl (C=O) groups is 1. The summed E-state index contributed by atoms with van der Waals surface area (Å²) >= 11 is 0.